The van der Waals surface area contributed by atoms with Gasteiger partial charge in [-0.2, -0.15) is 19.0 Å². The fraction of sp³-hybridized carbons (Fsp3) is 0.524. The number of fused-ring (bicyclic) bond motifs is 1. The van der Waals surface area contributed by atoms with Crippen LogP contribution in [0.4, 0.5) is 5.82 Å². The van der Waals surface area contributed by atoms with Crippen molar-refractivity contribution >= 4 is 46.7 Å². The number of phosphoric ester groups is 2. The van der Waals surface area contributed by atoms with Crippen LogP contribution in [0, 0.1) is 0 Å². The molecule has 0 aromatic carbocycles. The van der Waals surface area contributed by atoms with Gasteiger partial charge < -0.3 is 50.9 Å². The number of nitrogens with zero attached hydrogens (tertiary/aromatic N) is 5. The van der Waals surface area contributed by atoms with Crippen molar-refractivity contribution in [2.75, 3.05) is 18.9 Å². The second-order valence-electron chi connectivity index (χ2n) is 10.4. The van der Waals surface area contributed by atoms with Crippen molar-refractivity contribution in [2.24, 2.45) is 5.73 Å². The minimum absolute atomic E-state index is 0.0246. The van der Waals surface area contributed by atoms with E-state index in [1.807, 2.05) is 0 Å². The Balaban J connectivity index is 1.20. The second kappa shape index (κ2) is 14.0. The minimum Gasteiger partial charge on any atom is -0.387 e. The van der Waals surface area contributed by atoms with Gasteiger partial charge >= 0.3 is 23.8 Å². The van der Waals surface area contributed by atoms with Gasteiger partial charge in [-0.1, -0.05) is 6.08 Å². The zero-order chi connectivity index (χ0) is 35.2. The van der Waals surface area contributed by atoms with E-state index in [1.54, 1.807) is 0 Å². The smallest absolute Gasteiger partial charge is 0.387 e. The molecule has 0 bridgehead atoms. The number of carbonyl (C=O) groups excluding carboxylic acids is 1. The molecule has 0 radical (unpaired) electrons. The molecule has 12 N–H and O–H groups in total. The third-order valence-electron chi connectivity index (χ3n) is 7.12. The molecule has 0 saturated carbocycles. The van der Waals surface area contributed by atoms with E-state index in [1.165, 1.54) is 23.4 Å². The summed E-state index contributed by atoms with van der Waals surface area (Å²) in [5.41, 5.74) is 11.3. The van der Waals surface area contributed by atoms with Gasteiger partial charge in [-0.3, -0.25) is 18.4 Å². The summed E-state index contributed by atoms with van der Waals surface area (Å²) in [6, 6.07) is 0. The monoisotopic (exact) mass is 746 g/mol. The van der Waals surface area contributed by atoms with Crippen molar-refractivity contribution in [2.45, 2.75) is 55.5 Å². The topological polar surface area (TPSA) is 367 Å². The van der Waals surface area contributed by atoms with Crippen LogP contribution in [0.15, 0.2) is 36.7 Å². The summed E-state index contributed by atoms with van der Waals surface area (Å²) in [4.78, 5) is 73.2. The van der Waals surface area contributed by atoms with E-state index >= 15 is 0 Å². The standard InChI is InChI=1S/C21H30N7O17P3/c22-17-12-19(25-7-24-17)28(8-26-12)21-16(44-46(33,34)35)14(30)11(43-21)6-41-48(38,39)45-47(36,37)40-5-10-13(29)15(31)20(42-10)27-3-1-2-9(4-27)18(23)32/h1,3-4,7-8,10-11,13-16,20-21,29-31,33-35H,2,5-6H2,(H5-,22,23,24,25,32,36,37,38,39)/p+1. The Morgan fingerprint density at radius 3 is 2.23 bits per heavy atom. The van der Waals surface area contributed by atoms with Crippen molar-refractivity contribution in [1.29, 1.82) is 0 Å². The Hall–Kier alpha value is -2.57. The predicted octanol–water partition coefficient (Wildman–Crippen LogP) is -3.01. The number of phosphoric acid groups is 2. The highest BCUT2D eigenvalue weighted by Crippen LogP contribution is 2.61. The van der Waals surface area contributed by atoms with Gasteiger partial charge in [0.25, 0.3) is 0 Å². The number of imidazole rings is 1. The summed E-state index contributed by atoms with van der Waals surface area (Å²) in [5.74, 6) is -0.776. The summed E-state index contributed by atoms with van der Waals surface area (Å²) in [7, 11) is -16.0. The molecule has 48 heavy (non-hydrogen) atoms. The van der Waals surface area contributed by atoms with Crippen molar-refractivity contribution in [3.05, 3.63) is 36.7 Å². The maximum absolute atomic E-state index is 12.6. The van der Waals surface area contributed by atoms with Crippen molar-refractivity contribution < 1.29 is 81.1 Å². The van der Waals surface area contributed by atoms with E-state index in [0.29, 0.717) is 0 Å². The number of aliphatic hydroxyl groups is 3. The molecular formula is C21H31N7O17P3+. The van der Waals surface area contributed by atoms with Crippen LogP contribution in [-0.4, -0.2) is 126 Å². The molecule has 5 rings (SSSR count). The zero-order valence-corrected chi connectivity index (χ0v) is 26.8. The predicted molar refractivity (Wildman–Crippen MR) is 154 cm³/mol. The maximum atomic E-state index is 12.6. The first-order valence-electron chi connectivity index (χ1n) is 13.5. The molecule has 1 amide bonds. The first kappa shape index (κ1) is 36.7. The number of aliphatic hydroxyl groups excluding tert-OH is 3. The highest BCUT2D eigenvalue weighted by Gasteiger charge is 2.54. The fourth-order valence-corrected chi connectivity index (χ4v) is 7.58. The average Bonchev–Trinajstić information content (AvgIpc) is 3.64. The van der Waals surface area contributed by atoms with Gasteiger partial charge in [-0.15, -0.1) is 4.52 Å². The van der Waals surface area contributed by atoms with E-state index in [9.17, 15) is 53.7 Å². The molecule has 2 aromatic heterocycles. The second-order valence-corrected chi connectivity index (χ2v) is 14.7. The summed E-state index contributed by atoms with van der Waals surface area (Å²) in [6.07, 6.45) is -6.24. The number of anilines is 1. The summed E-state index contributed by atoms with van der Waals surface area (Å²) < 4.78 is 55.8. The Kier molecular flexibility index (Phi) is 10.7. The molecule has 3 aliphatic heterocycles. The lowest BCUT2D eigenvalue weighted by Crippen LogP contribution is -2.40. The molecule has 27 heteroatoms. The van der Waals surface area contributed by atoms with Crippen LogP contribution < -0.4 is 11.5 Å². The number of ether oxygens (including phenoxy) is 2. The number of primary amides is 1. The van der Waals surface area contributed by atoms with Crippen LogP contribution in [0.1, 0.15) is 12.6 Å². The molecular weight excluding hydrogens is 715 g/mol. The first-order valence-corrected chi connectivity index (χ1v) is 18.1. The van der Waals surface area contributed by atoms with Gasteiger partial charge in [0.05, 0.1) is 19.5 Å². The van der Waals surface area contributed by atoms with E-state index in [-0.39, 0.29) is 29.0 Å². The number of aromatic nitrogens is 4. The number of rotatable bonds is 13. The van der Waals surface area contributed by atoms with Crippen LogP contribution in [-0.2, 0) is 41.3 Å². The Bertz CT molecular complexity index is 1670. The highest BCUT2D eigenvalue weighted by molar-refractivity contribution is 7.61. The van der Waals surface area contributed by atoms with E-state index in [2.05, 4.69) is 23.8 Å². The fourth-order valence-electron chi connectivity index (χ4n) is 4.94. The molecule has 24 nitrogen and oxygen atoms in total. The quantitative estimate of drug-likeness (QED) is 0.0912. The largest absolute Gasteiger partial charge is 0.567 e. The summed E-state index contributed by atoms with van der Waals surface area (Å²) >= 11 is 0. The number of allylic oxidation sites excluding steroid dienone is 1. The van der Waals surface area contributed by atoms with E-state index in [0.717, 1.165) is 17.2 Å². The van der Waals surface area contributed by atoms with Gasteiger partial charge in [0, 0.05) is 18.0 Å². The molecule has 266 valence electrons. The molecule has 2 saturated heterocycles. The van der Waals surface area contributed by atoms with Crippen LogP contribution in [0.3, 0.4) is 0 Å². The SMILES string of the molecule is NC(=O)C1=CN(C2OC(COP(=O)(O)OP(=O)(O)OCC3OC(n4cnc5c(N)ncnc54)C(O[P+](O)(O)O)C3O)C(O)C2O)C=CC1. The molecule has 2 fully saturated rings. The number of carbonyl (C=O) groups is 1. The molecule has 3 aliphatic rings. The molecule has 10 atom stereocenters. The van der Waals surface area contributed by atoms with Gasteiger partial charge in [0.15, 0.2) is 30.0 Å². The highest BCUT2D eigenvalue weighted by atomic mass is 31.3. The molecule has 0 aliphatic carbocycles. The maximum Gasteiger partial charge on any atom is 0.567 e. The molecule has 2 aromatic rings. The third-order valence-corrected chi connectivity index (χ3v) is 10.2. The van der Waals surface area contributed by atoms with Gasteiger partial charge in [-0.25, -0.2) is 24.1 Å². The summed E-state index contributed by atoms with van der Waals surface area (Å²) in [5, 5.41) is 31.6. The number of amides is 1. The van der Waals surface area contributed by atoms with E-state index < -0.39 is 92.0 Å². The Morgan fingerprint density at radius 2 is 1.60 bits per heavy atom. The van der Waals surface area contributed by atoms with Crippen molar-refractivity contribution in [3.63, 3.8) is 0 Å². The van der Waals surface area contributed by atoms with Gasteiger partial charge in [0.2, 0.25) is 5.91 Å². The first-order chi connectivity index (χ1) is 22.4. The molecule has 5 heterocycles. The van der Waals surface area contributed by atoms with E-state index in [4.69, 9.17) is 30.0 Å². The van der Waals surface area contributed by atoms with Crippen LogP contribution in [0.25, 0.3) is 11.2 Å². The normalized spacial score (nSPS) is 31.9. The van der Waals surface area contributed by atoms with Crippen molar-refractivity contribution in [3.8, 4) is 0 Å². The number of nitrogens with two attached hydrogens (primary N) is 2. The lowest BCUT2D eigenvalue weighted by molar-refractivity contribution is -0.115. The van der Waals surface area contributed by atoms with Crippen LogP contribution >= 0.6 is 23.8 Å². The average molecular weight is 746 g/mol. The van der Waals surface area contributed by atoms with Crippen molar-refractivity contribution in [1.82, 2.24) is 24.4 Å². The van der Waals surface area contributed by atoms with Crippen LogP contribution in [0.5, 0.6) is 0 Å². The molecule has 0 spiro atoms. The lowest BCUT2D eigenvalue weighted by atomic mass is 10.1. The zero-order valence-electron chi connectivity index (χ0n) is 24.1. The minimum atomic E-state index is -5.51. The van der Waals surface area contributed by atoms with Crippen LogP contribution in [0.2, 0.25) is 0 Å². The third kappa shape index (κ3) is 8.24. The Morgan fingerprint density at radius 1 is 0.979 bits per heavy atom. The lowest BCUT2D eigenvalue weighted by Gasteiger charge is -2.28. The summed E-state index contributed by atoms with van der Waals surface area (Å²) in [6.45, 7) is -2.00. The molecule has 10 unspecified atom stereocenters. The number of hydrogen-bond acceptors (Lipinski definition) is 20. The van der Waals surface area contributed by atoms with Gasteiger partial charge in [0.1, 0.15) is 42.4 Å². The Labute approximate surface area is 269 Å². The number of hydrogen-bond donors (Lipinski definition) is 10. The van der Waals surface area contributed by atoms with Gasteiger partial charge in [-0.05, 0) is 6.42 Å². The number of nitrogen functional groups attached to an aromatic ring is 1.